The van der Waals surface area contributed by atoms with Crippen LogP contribution in [-0.4, -0.2) is 77.5 Å². The smallest absolute Gasteiger partial charge is 0.410 e. The minimum atomic E-state index is -1.03. The molecule has 0 fully saturated rings. The Bertz CT molecular complexity index is 2030. The molecule has 11 heteroatoms. The molecule has 1 heterocycles. The van der Waals surface area contributed by atoms with Crippen molar-refractivity contribution in [3.8, 4) is 11.8 Å². The number of carbonyl (C=O) groups excluding carboxylic acids is 5. The molecule has 0 bridgehead atoms. The van der Waals surface area contributed by atoms with Crippen LogP contribution in [0.5, 0.6) is 0 Å². The standard InChI is InChI=1S/C45H54N4O7/c1-28(48(8)43(54)56-45(5,6)7)39(50)47-38(44(2,3)4)41(52)49-27-34-25-30(18-17-29-19-22-32(23-20-29)42(53)55-9)21-24-33(34)26-37(49)40(51)46-36-16-12-14-31-13-10-11-15-35(31)36/h10-11,13,15,19-25,28,36-38H,12,14,16,26-27H2,1-9H3,(H,46,51)(H,47,50)/t28-,36?,37-,38?/m0/s1. The summed E-state index contributed by atoms with van der Waals surface area (Å²) in [5.41, 5.74) is 4.40. The maximum atomic E-state index is 14.9. The van der Waals surface area contributed by atoms with Gasteiger partial charge in [-0.25, -0.2) is 9.59 Å². The zero-order valence-electron chi connectivity index (χ0n) is 33.9. The molecule has 2 N–H and O–H groups in total. The van der Waals surface area contributed by atoms with E-state index in [4.69, 9.17) is 9.47 Å². The number of hydrogen-bond donors (Lipinski definition) is 2. The lowest BCUT2D eigenvalue weighted by Crippen LogP contribution is -2.62. The van der Waals surface area contributed by atoms with Gasteiger partial charge in [-0.05, 0) is 111 Å². The summed E-state index contributed by atoms with van der Waals surface area (Å²) in [6.45, 7) is 12.5. The number of nitrogens with zero attached hydrogens (tertiary/aromatic N) is 2. The van der Waals surface area contributed by atoms with E-state index in [2.05, 4.69) is 34.6 Å². The highest BCUT2D eigenvalue weighted by Crippen LogP contribution is 2.32. The molecule has 3 aromatic rings. The second-order valence-corrected chi connectivity index (χ2v) is 16.7. The molecule has 0 saturated carbocycles. The van der Waals surface area contributed by atoms with Gasteiger partial charge in [0.2, 0.25) is 17.7 Å². The number of fused-ring (bicyclic) bond motifs is 2. The number of likely N-dealkylation sites (N-methyl/N-ethyl adjacent to an activating group) is 1. The number of ether oxygens (including phenoxy) is 2. The number of nitrogens with one attached hydrogen (secondary N) is 2. The van der Waals surface area contributed by atoms with Crippen LogP contribution in [0.25, 0.3) is 0 Å². The molecule has 2 aliphatic rings. The molecule has 0 aromatic heterocycles. The van der Waals surface area contributed by atoms with Gasteiger partial charge in [0, 0.05) is 31.1 Å². The normalized spacial score (nSPS) is 17.4. The van der Waals surface area contributed by atoms with Crippen molar-refractivity contribution < 1.29 is 33.4 Å². The fourth-order valence-electron chi connectivity index (χ4n) is 7.00. The average Bonchev–Trinajstić information content (AvgIpc) is 3.16. The van der Waals surface area contributed by atoms with Crippen LogP contribution in [0.4, 0.5) is 4.79 Å². The van der Waals surface area contributed by atoms with Crippen LogP contribution in [0.15, 0.2) is 66.7 Å². The summed E-state index contributed by atoms with van der Waals surface area (Å²) in [4.78, 5) is 70.5. The topological polar surface area (TPSA) is 134 Å². The predicted octanol–water partition coefficient (Wildman–Crippen LogP) is 6.11. The summed E-state index contributed by atoms with van der Waals surface area (Å²) in [6.07, 6.45) is 2.28. The number of aryl methyl sites for hydroxylation is 1. The van der Waals surface area contributed by atoms with Gasteiger partial charge < -0.3 is 25.0 Å². The third kappa shape index (κ3) is 9.96. The third-order valence-corrected chi connectivity index (χ3v) is 10.3. The minimum absolute atomic E-state index is 0.118. The molecule has 2 unspecified atom stereocenters. The van der Waals surface area contributed by atoms with Crippen LogP contribution >= 0.6 is 0 Å². The molecule has 56 heavy (non-hydrogen) atoms. The minimum Gasteiger partial charge on any atom is -0.465 e. The molecule has 296 valence electrons. The van der Waals surface area contributed by atoms with Gasteiger partial charge in [0.15, 0.2) is 0 Å². The Morgan fingerprint density at radius 2 is 1.54 bits per heavy atom. The van der Waals surface area contributed by atoms with Crippen molar-refractivity contribution in [3.05, 3.63) is 106 Å². The molecule has 1 aliphatic carbocycles. The van der Waals surface area contributed by atoms with E-state index in [1.54, 1.807) is 56.9 Å². The van der Waals surface area contributed by atoms with Crippen LogP contribution in [0, 0.1) is 17.3 Å². The van der Waals surface area contributed by atoms with Gasteiger partial charge in [-0.15, -0.1) is 0 Å². The second-order valence-electron chi connectivity index (χ2n) is 16.7. The van der Waals surface area contributed by atoms with Crippen LogP contribution in [0.2, 0.25) is 0 Å². The Morgan fingerprint density at radius 1 is 0.875 bits per heavy atom. The second kappa shape index (κ2) is 17.0. The van der Waals surface area contributed by atoms with E-state index >= 15 is 0 Å². The summed E-state index contributed by atoms with van der Waals surface area (Å²) in [5, 5.41) is 6.21. The number of hydrogen-bond acceptors (Lipinski definition) is 7. The van der Waals surface area contributed by atoms with Gasteiger partial charge in [-0.1, -0.05) is 62.9 Å². The summed E-state index contributed by atoms with van der Waals surface area (Å²) in [5.74, 6) is 4.70. The van der Waals surface area contributed by atoms with E-state index in [0.29, 0.717) is 11.1 Å². The van der Waals surface area contributed by atoms with E-state index in [-0.39, 0.29) is 24.9 Å². The van der Waals surface area contributed by atoms with E-state index in [1.807, 2.05) is 51.1 Å². The lowest BCUT2D eigenvalue weighted by atomic mass is 9.83. The maximum absolute atomic E-state index is 14.9. The predicted molar refractivity (Wildman–Crippen MR) is 213 cm³/mol. The number of amides is 4. The summed E-state index contributed by atoms with van der Waals surface area (Å²) in [6, 6.07) is 17.7. The average molecular weight is 763 g/mol. The van der Waals surface area contributed by atoms with E-state index in [1.165, 1.54) is 24.6 Å². The monoisotopic (exact) mass is 762 g/mol. The molecule has 0 spiro atoms. The summed E-state index contributed by atoms with van der Waals surface area (Å²) < 4.78 is 10.3. The van der Waals surface area contributed by atoms with Gasteiger partial charge in [0.05, 0.1) is 18.7 Å². The molecular formula is C45H54N4O7. The largest absolute Gasteiger partial charge is 0.465 e. The van der Waals surface area contributed by atoms with Crippen molar-refractivity contribution in [1.29, 1.82) is 0 Å². The van der Waals surface area contributed by atoms with Crippen LogP contribution in [-0.2, 0) is 43.2 Å². The van der Waals surface area contributed by atoms with Crippen molar-refractivity contribution in [3.63, 3.8) is 0 Å². The van der Waals surface area contributed by atoms with Crippen molar-refractivity contribution in [1.82, 2.24) is 20.4 Å². The number of rotatable bonds is 7. The molecule has 4 atom stereocenters. The third-order valence-electron chi connectivity index (χ3n) is 10.3. The van der Waals surface area contributed by atoms with Gasteiger partial charge in [-0.3, -0.25) is 19.3 Å². The molecular weight excluding hydrogens is 709 g/mol. The molecule has 1 aliphatic heterocycles. The number of methoxy groups -OCH3 is 1. The highest BCUT2D eigenvalue weighted by atomic mass is 16.6. The molecule has 0 radical (unpaired) electrons. The maximum Gasteiger partial charge on any atom is 0.410 e. The number of esters is 1. The SMILES string of the molecule is COC(=O)c1ccc(C#Cc2ccc3c(c2)CN(C(=O)C(NC(=O)[C@H](C)N(C)C(=O)OC(C)(C)C)C(C)(C)C)[C@H](C(=O)NC2CCCc4ccccc42)C3)cc1. The quantitative estimate of drug-likeness (QED) is 0.219. The fourth-order valence-corrected chi connectivity index (χ4v) is 7.00. The summed E-state index contributed by atoms with van der Waals surface area (Å²) >= 11 is 0. The fraction of sp³-hybridized carbons (Fsp3) is 0.444. The zero-order valence-corrected chi connectivity index (χ0v) is 33.9. The number of carbonyl (C=O) groups is 5. The van der Waals surface area contributed by atoms with Gasteiger partial charge in [0.25, 0.3) is 0 Å². The molecule has 3 aromatic carbocycles. The molecule has 4 amide bonds. The highest BCUT2D eigenvalue weighted by molar-refractivity contribution is 5.95. The first-order valence-electron chi connectivity index (χ1n) is 19.1. The Labute approximate surface area is 330 Å². The number of benzene rings is 3. The van der Waals surface area contributed by atoms with Crippen LogP contribution in [0.1, 0.15) is 111 Å². The first-order valence-corrected chi connectivity index (χ1v) is 19.1. The first kappa shape index (κ1) is 41.5. The van der Waals surface area contributed by atoms with Crippen molar-refractivity contribution in [2.24, 2.45) is 5.41 Å². The molecule has 11 nitrogen and oxygen atoms in total. The summed E-state index contributed by atoms with van der Waals surface area (Å²) in [7, 11) is 2.81. The van der Waals surface area contributed by atoms with Crippen molar-refractivity contribution in [2.75, 3.05) is 14.2 Å². The van der Waals surface area contributed by atoms with E-state index in [0.717, 1.165) is 41.5 Å². The first-order chi connectivity index (χ1) is 26.4. The van der Waals surface area contributed by atoms with Crippen molar-refractivity contribution >= 4 is 29.8 Å². The van der Waals surface area contributed by atoms with E-state index < -0.39 is 53.0 Å². The Balaban J connectivity index is 1.45. The van der Waals surface area contributed by atoms with Gasteiger partial charge in [-0.2, -0.15) is 0 Å². The lowest BCUT2D eigenvalue weighted by Gasteiger charge is -2.42. The van der Waals surface area contributed by atoms with Crippen LogP contribution in [0.3, 0.4) is 0 Å². The Hall–Kier alpha value is -5.63. The van der Waals surface area contributed by atoms with Crippen LogP contribution < -0.4 is 10.6 Å². The Morgan fingerprint density at radius 3 is 2.20 bits per heavy atom. The van der Waals surface area contributed by atoms with Gasteiger partial charge >= 0.3 is 12.1 Å². The Kier molecular flexibility index (Phi) is 12.6. The molecule has 5 rings (SSSR count). The zero-order chi connectivity index (χ0) is 40.9. The highest BCUT2D eigenvalue weighted by Gasteiger charge is 2.43. The van der Waals surface area contributed by atoms with E-state index in [9.17, 15) is 24.0 Å². The molecule has 0 saturated heterocycles. The van der Waals surface area contributed by atoms with Crippen molar-refractivity contribution in [2.45, 2.75) is 110 Å². The lowest BCUT2D eigenvalue weighted by molar-refractivity contribution is -0.147. The van der Waals surface area contributed by atoms with Gasteiger partial charge in [0.1, 0.15) is 23.7 Å².